The van der Waals surface area contributed by atoms with E-state index in [1.807, 2.05) is 37.4 Å². The van der Waals surface area contributed by atoms with Crippen molar-refractivity contribution in [1.82, 2.24) is 13.9 Å². The second-order valence-corrected chi connectivity index (χ2v) is 12.5. The highest BCUT2D eigenvalue weighted by molar-refractivity contribution is 7.89. The molecule has 1 unspecified atom stereocenters. The van der Waals surface area contributed by atoms with E-state index in [1.165, 1.54) is 40.7 Å². The highest BCUT2D eigenvalue weighted by Crippen LogP contribution is 2.20. The van der Waals surface area contributed by atoms with Crippen LogP contribution in [0.2, 0.25) is 0 Å². The van der Waals surface area contributed by atoms with E-state index >= 15 is 0 Å². The quantitative estimate of drug-likeness (QED) is 0.428. The molecule has 11 heteroatoms. The molecule has 3 aromatic carbocycles. The molecule has 1 aliphatic rings. The zero-order chi connectivity index (χ0) is 26.5. The van der Waals surface area contributed by atoms with Gasteiger partial charge in [0.15, 0.2) is 0 Å². The molecule has 196 valence electrons. The van der Waals surface area contributed by atoms with Crippen molar-refractivity contribution < 1.29 is 21.6 Å². The molecule has 37 heavy (non-hydrogen) atoms. The lowest BCUT2D eigenvalue weighted by atomic mass is 10.1. The third kappa shape index (κ3) is 6.82. The summed E-state index contributed by atoms with van der Waals surface area (Å²) < 4.78 is 55.8. The fraction of sp³-hybridized carbons (Fsp3) is 0.269. The lowest BCUT2D eigenvalue weighted by Gasteiger charge is -2.31. The third-order valence-electron chi connectivity index (χ3n) is 6.17. The standard InChI is InChI=1S/C26H30N4O5S2/c1-29-16-18-30(19-17-29)37(34,35)24-14-12-22(13-15-24)27-26(31)25(20-21-8-4-2-5-9-21)28-36(32,33)23-10-6-3-7-11-23/h2-15,25,28H,16-20H2,1H3,(H,27,31). The van der Waals surface area contributed by atoms with Gasteiger partial charge in [0.2, 0.25) is 26.0 Å². The highest BCUT2D eigenvalue weighted by atomic mass is 32.2. The number of piperazine rings is 1. The van der Waals surface area contributed by atoms with Crippen molar-refractivity contribution in [2.75, 3.05) is 38.5 Å². The maximum absolute atomic E-state index is 13.2. The predicted molar refractivity (Wildman–Crippen MR) is 142 cm³/mol. The van der Waals surface area contributed by atoms with Gasteiger partial charge < -0.3 is 10.2 Å². The van der Waals surface area contributed by atoms with Gasteiger partial charge in [-0.15, -0.1) is 0 Å². The topological polar surface area (TPSA) is 116 Å². The van der Waals surface area contributed by atoms with Gasteiger partial charge in [0, 0.05) is 31.9 Å². The van der Waals surface area contributed by atoms with Crippen LogP contribution in [0.1, 0.15) is 5.56 Å². The minimum Gasteiger partial charge on any atom is -0.325 e. The Kier molecular flexibility index (Phi) is 8.40. The van der Waals surface area contributed by atoms with E-state index in [0.717, 1.165) is 5.56 Å². The first kappa shape index (κ1) is 27.0. The number of carbonyl (C=O) groups is 1. The van der Waals surface area contributed by atoms with Crippen LogP contribution in [-0.2, 0) is 31.3 Å². The van der Waals surface area contributed by atoms with Crippen LogP contribution in [0, 0.1) is 0 Å². The van der Waals surface area contributed by atoms with E-state index in [2.05, 4.69) is 14.9 Å². The Hall–Kier alpha value is -3.09. The molecule has 1 amide bonds. The van der Waals surface area contributed by atoms with Gasteiger partial charge in [-0.25, -0.2) is 16.8 Å². The zero-order valence-electron chi connectivity index (χ0n) is 20.4. The molecule has 0 saturated carbocycles. The summed E-state index contributed by atoms with van der Waals surface area (Å²) in [6.07, 6.45) is 0.134. The number of rotatable bonds is 9. The van der Waals surface area contributed by atoms with Crippen molar-refractivity contribution in [2.45, 2.75) is 22.3 Å². The average molecular weight is 543 g/mol. The number of hydrogen-bond donors (Lipinski definition) is 2. The van der Waals surface area contributed by atoms with E-state index < -0.39 is 32.0 Å². The normalized spacial score (nSPS) is 16.2. The fourth-order valence-corrected chi connectivity index (χ4v) is 6.65. The van der Waals surface area contributed by atoms with Crippen molar-refractivity contribution >= 4 is 31.6 Å². The first-order valence-corrected chi connectivity index (χ1v) is 14.8. The molecule has 9 nitrogen and oxygen atoms in total. The van der Waals surface area contributed by atoms with Gasteiger partial charge in [0.1, 0.15) is 6.04 Å². The van der Waals surface area contributed by atoms with Crippen molar-refractivity contribution in [3.63, 3.8) is 0 Å². The van der Waals surface area contributed by atoms with E-state index in [0.29, 0.717) is 31.9 Å². The minimum atomic E-state index is -3.96. The van der Waals surface area contributed by atoms with Gasteiger partial charge >= 0.3 is 0 Å². The van der Waals surface area contributed by atoms with Gasteiger partial charge in [0.25, 0.3) is 0 Å². The Labute approximate surface area is 218 Å². The van der Waals surface area contributed by atoms with Crippen LogP contribution in [0.4, 0.5) is 5.69 Å². The van der Waals surface area contributed by atoms with Gasteiger partial charge in [-0.3, -0.25) is 4.79 Å². The average Bonchev–Trinajstić information content (AvgIpc) is 2.90. The van der Waals surface area contributed by atoms with Crippen molar-refractivity contribution in [2.24, 2.45) is 0 Å². The van der Waals surface area contributed by atoms with Crippen LogP contribution in [0.25, 0.3) is 0 Å². The first-order valence-electron chi connectivity index (χ1n) is 11.9. The van der Waals surface area contributed by atoms with Gasteiger partial charge in [-0.1, -0.05) is 48.5 Å². The summed E-state index contributed by atoms with van der Waals surface area (Å²) in [5.74, 6) is -0.557. The highest BCUT2D eigenvalue weighted by Gasteiger charge is 2.28. The largest absolute Gasteiger partial charge is 0.325 e. The van der Waals surface area contributed by atoms with Crippen LogP contribution in [-0.4, -0.2) is 71.2 Å². The summed E-state index contributed by atoms with van der Waals surface area (Å²) in [4.78, 5) is 15.5. The molecule has 0 radical (unpaired) electrons. The summed E-state index contributed by atoms with van der Waals surface area (Å²) in [6.45, 7) is 2.16. The summed E-state index contributed by atoms with van der Waals surface area (Å²) in [6, 6.07) is 21.8. The van der Waals surface area contributed by atoms with E-state index in [9.17, 15) is 21.6 Å². The molecule has 0 spiro atoms. The number of nitrogens with zero attached hydrogens (tertiary/aromatic N) is 2. The number of hydrogen-bond acceptors (Lipinski definition) is 6. The van der Waals surface area contributed by atoms with Gasteiger partial charge in [-0.05, 0) is 55.4 Å². The predicted octanol–water partition coefficient (Wildman–Crippen LogP) is 2.15. The van der Waals surface area contributed by atoms with Gasteiger partial charge in [0.05, 0.1) is 9.79 Å². The van der Waals surface area contributed by atoms with E-state index in [1.54, 1.807) is 18.2 Å². The molecule has 1 atom stereocenters. The Morgan fingerprint density at radius 1 is 0.784 bits per heavy atom. The molecule has 2 N–H and O–H groups in total. The molecule has 1 heterocycles. The van der Waals surface area contributed by atoms with Crippen molar-refractivity contribution in [3.05, 3.63) is 90.5 Å². The number of amides is 1. The summed E-state index contributed by atoms with van der Waals surface area (Å²) in [7, 11) is -5.65. The Morgan fingerprint density at radius 3 is 1.95 bits per heavy atom. The molecule has 1 saturated heterocycles. The molecule has 0 aliphatic carbocycles. The van der Waals surface area contributed by atoms with E-state index in [4.69, 9.17) is 0 Å². The SMILES string of the molecule is CN1CCN(S(=O)(=O)c2ccc(NC(=O)C(Cc3ccccc3)NS(=O)(=O)c3ccccc3)cc2)CC1. The molecule has 1 aliphatic heterocycles. The first-order chi connectivity index (χ1) is 17.6. The molecular weight excluding hydrogens is 512 g/mol. The fourth-order valence-electron chi connectivity index (χ4n) is 4.01. The van der Waals surface area contributed by atoms with Gasteiger partial charge in [-0.2, -0.15) is 9.03 Å². The minimum absolute atomic E-state index is 0.0549. The smallest absolute Gasteiger partial charge is 0.243 e. The molecule has 4 rings (SSSR count). The molecule has 0 bridgehead atoms. The molecular formula is C26H30N4O5S2. The summed E-state index contributed by atoms with van der Waals surface area (Å²) in [5.41, 5.74) is 1.14. The second kappa shape index (κ2) is 11.5. The van der Waals surface area contributed by atoms with Crippen LogP contribution in [0.3, 0.4) is 0 Å². The summed E-state index contributed by atoms with van der Waals surface area (Å²) in [5, 5.41) is 2.72. The maximum Gasteiger partial charge on any atom is 0.243 e. The number of benzene rings is 3. The number of sulfonamides is 2. The number of likely N-dealkylation sites (N-methyl/N-ethyl adjacent to an activating group) is 1. The number of anilines is 1. The maximum atomic E-state index is 13.2. The number of carbonyl (C=O) groups excluding carboxylic acids is 1. The zero-order valence-corrected chi connectivity index (χ0v) is 22.1. The van der Waals surface area contributed by atoms with Crippen LogP contribution < -0.4 is 10.0 Å². The molecule has 1 fully saturated rings. The second-order valence-electron chi connectivity index (χ2n) is 8.90. The van der Waals surface area contributed by atoms with Crippen molar-refractivity contribution in [1.29, 1.82) is 0 Å². The third-order valence-corrected chi connectivity index (χ3v) is 9.57. The van der Waals surface area contributed by atoms with E-state index in [-0.39, 0.29) is 16.2 Å². The summed E-state index contributed by atoms with van der Waals surface area (Å²) >= 11 is 0. The molecule has 3 aromatic rings. The van der Waals surface area contributed by atoms with Crippen LogP contribution in [0.5, 0.6) is 0 Å². The Balaban J connectivity index is 1.50. The van der Waals surface area contributed by atoms with Crippen molar-refractivity contribution in [3.8, 4) is 0 Å². The molecule has 0 aromatic heterocycles. The lowest BCUT2D eigenvalue weighted by Crippen LogP contribution is -2.47. The Bertz CT molecular complexity index is 1410. The Morgan fingerprint density at radius 2 is 1.35 bits per heavy atom. The monoisotopic (exact) mass is 542 g/mol. The van der Waals surface area contributed by atoms with Crippen LogP contribution >= 0.6 is 0 Å². The van der Waals surface area contributed by atoms with Crippen LogP contribution in [0.15, 0.2) is 94.7 Å². The number of nitrogens with one attached hydrogen (secondary N) is 2. The lowest BCUT2D eigenvalue weighted by molar-refractivity contribution is -0.117.